The van der Waals surface area contributed by atoms with E-state index in [-0.39, 0.29) is 17.9 Å². The molecule has 0 aliphatic heterocycles. The van der Waals surface area contributed by atoms with Gasteiger partial charge in [0.1, 0.15) is 0 Å². The third kappa shape index (κ3) is 4.58. The van der Waals surface area contributed by atoms with Crippen LogP contribution in [0, 0.1) is 11.3 Å². The second kappa shape index (κ2) is 9.67. The predicted molar refractivity (Wildman–Crippen MR) is 125 cm³/mol. The van der Waals surface area contributed by atoms with Crippen LogP contribution < -0.4 is 11.2 Å². The summed E-state index contributed by atoms with van der Waals surface area (Å²) in [7, 11) is 1.41. The van der Waals surface area contributed by atoms with E-state index in [0.717, 1.165) is 21.3 Å². The van der Waals surface area contributed by atoms with E-state index in [1.165, 1.54) is 36.3 Å². The van der Waals surface area contributed by atoms with Crippen LogP contribution in [-0.4, -0.2) is 32.6 Å². The van der Waals surface area contributed by atoms with E-state index in [1.807, 2.05) is 6.07 Å². The predicted octanol–water partition coefficient (Wildman–Crippen LogP) is 3.95. The van der Waals surface area contributed by atoms with Crippen molar-refractivity contribution < 1.29 is 17.9 Å². The van der Waals surface area contributed by atoms with Crippen LogP contribution in [0.4, 0.5) is 13.2 Å². The molecule has 8 nitrogen and oxygen atoms in total. The minimum atomic E-state index is -4.62. The summed E-state index contributed by atoms with van der Waals surface area (Å²) < 4.78 is 48.6. The molecule has 0 N–H and O–H groups in total. The fourth-order valence-electron chi connectivity index (χ4n) is 3.86. The summed E-state index contributed by atoms with van der Waals surface area (Å²) in [5.41, 5.74) is -1.12. The number of halogens is 3. The average Bonchev–Trinajstić information content (AvgIpc) is 3.34. The van der Waals surface area contributed by atoms with Gasteiger partial charge in [-0.25, -0.2) is 9.48 Å². The Morgan fingerprint density at radius 2 is 1.81 bits per heavy atom. The van der Waals surface area contributed by atoms with Crippen LogP contribution in [0.3, 0.4) is 0 Å². The molecule has 2 aromatic carbocycles. The van der Waals surface area contributed by atoms with Gasteiger partial charge < -0.3 is 4.74 Å². The maximum absolute atomic E-state index is 13.5. The number of alkyl halides is 3. The number of hydrogen-bond donors (Lipinski definition) is 0. The number of nitrogens with zero attached hydrogens (tertiary/aromatic N) is 5. The third-order valence-corrected chi connectivity index (χ3v) is 5.58. The lowest BCUT2D eigenvalue weighted by atomic mass is 10.1. The molecule has 0 saturated carbocycles. The van der Waals surface area contributed by atoms with Gasteiger partial charge in [-0.2, -0.15) is 23.5 Å². The van der Waals surface area contributed by atoms with Gasteiger partial charge in [0, 0.05) is 13.3 Å². The summed E-state index contributed by atoms with van der Waals surface area (Å²) in [6.07, 6.45) is -1.95. The molecule has 2 heterocycles. The van der Waals surface area contributed by atoms with Gasteiger partial charge >= 0.3 is 11.9 Å². The quantitative estimate of drug-likeness (QED) is 0.404. The van der Waals surface area contributed by atoms with Crippen LogP contribution in [0.15, 0.2) is 76.6 Å². The fourth-order valence-corrected chi connectivity index (χ4v) is 3.86. The van der Waals surface area contributed by atoms with Crippen LogP contribution in [0.1, 0.15) is 24.1 Å². The SMILES string of the molecule is COCC(C)n1c(=O)c(-c2ccnn2-c2ccc(C#N)cc2)cn(-c2cccc(C(F)(F)F)c2)c1=O. The van der Waals surface area contributed by atoms with Gasteiger partial charge in [0.25, 0.3) is 5.56 Å². The smallest absolute Gasteiger partial charge is 0.383 e. The second-order valence-corrected chi connectivity index (χ2v) is 8.01. The number of methoxy groups -OCH3 is 1. The zero-order valence-corrected chi connectivity index (χ0v) is 19.2. The summed E-state index contributed by atoms with van der Waals surface area (Å²) in [6.45, 7) is 1.63. The van der Waals surface area contributed by atoms with Crippen LogP contribution in [-0.2, 0) is 10.9 Å². The molecule has 2 aromatic heterocycles. The fraction of sp³-hybridized carbons (Fsp3) is 0.200. The number of hydrogen-bond acceptors (Lipinski definition) is 5. The first kappa shape index (κ1) is 24.7. The molecule has 0 amide bonds. The molecule has 4 aromatic rings. The summed E-state index contributed by atoms with van der Waals surface area (Å²) >= 11 is 0. The Morgan fingerprint density at radius 3 is 2.44 bits per heavy atom. The summed E-state index contributed by atoms with van der Waals surface area (Å²) in [6, 6.07) is 13.6. The van der Waals surface area contributed by atoms with Crippen molar-refractivity contribution in [3.63, 3.8) is 0 Å². The maximum Gasteiger partial charge on any atom is 0.416 e. The van der Waals surface area contributed by atoms with E-state index in [2.05, 4.69) is 5.10 Å². The minimum Gasteiger partial charge on any atom is -0.383 e. The van der Waals surface area contributed by atoms with Crippen molar-refractivity contribution in [3.8, 4) is 28.7 Å². The largest absolute Gasteiger partial charge is 0.416 e. The van der Waals surface area contributed by atoms with Gasteiger partial charge in [-0.15, -0.1) is 0 Å². The molecule has 0 spiro atoms. The Morgan fingerprint density at radius 1 is 1.08 bits per heavy atom. The summed E-state index contributed by atoms with van der Waals surface area (Å²) in [5.74, 6) is 0. The highest BCUT2D eigenvalue weighted by Gasteiger charge is 2.31. The Hall–Kier alpha value is -4.43. The molecule has 0 aliphatic carbocycles. The zero-order valence-electron chi connectivity index (χ0n) is 19.2. The Labute approximate surface area is 203 Å². The topological polar surface area (TPSA) is 94.8 Å². The van der Waals surface area contributed by atoms with Crippen molar-refractivity contribution >= 4 is 0 Å². The normalized spacial score (nSPS) is 12.3. The molecule has 1 unspecified atom stereocenters. The molecule has 0 fully saturated rings. The van der Waals surface area contributed by atoms with E-state index in [4.69, 9.17) is 10.00 Å². The van der Waals surface area contributed by atoms with Gasteiger partial charge in [0.05, 0.1) is 58.7 Å². The van der Waals surface area contributed by atoms with Gasteiger partial charge in [-0.1, -0.05) is 6.07 Å². The van der Waals surface area contributed by atoms with Gasteiger partial charge in [-0.3, -0.25) is 13.9 Å². The van der Waals surface area contributed by atoms with E-state index in [9.17, 15) is 22.8 Å². The number of benzene rings is 2. The van der Waals surface area contributed by atoms with Crippen molar-refractivity contribution in [2.24, 2.45) is 0 Å². The highest BCUT2D eigenvalue weighted by Crippen LogP contribution is 2.30. The average molecular weight is 495 g/mol. The lowest BCUT2D eigenvalue weighted by Gasteiger charge is -2.19. The van der Waals surface area contributed by atoms with Crippen LogP contribution >= 0.6 is 0 Å². The highest BCUT2D eigenvalue weighted by molar-refractivity contribution is 5.61. The Bertz CT molecular complexity index is 1560. The number of ether oxygens (including phenoxy) is 1. The van der Waals surface area contributed by atoms with Crippen molar-refractivity contribution in [3.05, 3.63) is 99.0 Å². The van der Waals surface area contributed by atoms with Crippen molar-refractivity contribution in [2.75, 3.05) is 13.7 Å². The Kier molecular flexibility index (Phi) is 6.63. The molecule has 0 aliphatic rings. The monoisotopic (exact) mass is 495 g/mol. The van der Waals surface area contributed by atoms with Crippen LogP contribution in [0.25, 0.3) is 22.6 Å². The lowest BCUT2D eigenvalue weighted by Crippen LogP contribution is -2.42. The van der Waals surface area contributed by atoms with Gasteiger partial charge in [-0.05, 0) is 55.5 Å². The number of nitriles is 1. The molecule has 0 radical (unpaired) electrons. The second-order valence-electron chi connectivity index (χ2n) is 8.01. The first-order valence-electron chi connectivity index (χ1n) is 10.8. The Balaban J connectivity index is 1.99. The van der Waals surface area contributed by atoms with E-state index >= 15 is 0 Å². The summed E-state index contributed by atoms with van der Waals surface area (Å²) in [5, 5.41) is 13.3. The molecule has 1 atom stereocenters. The summed E-state index contributed by atoms with van der Waals surface area (Å²) in [4.78, 5) is 26.9. The molecule has 4 rings (SSSR count). The molecule has 11 heteroatoms. The lowest BCUT2D eigenvalue weighted by molar-refractivity contribution is -0.137. The number of rotatable bonds is 6. The molecule has 184 valence electrons. The standard InChI is InChI=1S/C25H20F3N5O3/c1-16(15-36-2)32-23(34)21(22-10-11-30-33(22)19-8-6-17(13-29)7-9-19)14-31(24(32)35)20-5-3-4-18(12-20)25(26,27)28/h3-12,14,16H,15H2,1-2H3. The van der Waals surface area contributed by atoms with Crippen molar-refractivity contribution in [1.82, 2.24) is 18.9 Å². The molecule has 0 saturated heterocycles. The van der Waals surface area contributed by atoms with Crippen molar-refractivity contribution in [1.29, 1.82) is 5.26 Å². The number of aromatic nitrogens is 4. The van der Waals surface area contributed by atoms with Crippen molar-refractivity contribution in [2.45, 2.75) is 19.1 Å². The molecule has 0 bridgehead atoms. The van der Waals surface area contributed by atoms with Gasteiger partial charge in [0.15, 0.2) is 0 Å². The minimum absolute atomic E-state index is 0.0239. The van der Waals surface area contributed by atoms with E-state index in [0.29, 0.717) is 16.9 Å². The van der Waals surface area contributed by atoms with Crippen LogP contribution in [0.5, 0.6) is 0 Å². The molecular formula is C25H20F3N5O3. The van der Waals surface area contributed by atoms with Gasteiger partial charge in [0.2, 0.25) is 0 Å². The highest BCUT2D eigenvalue weighted by atomic mass is 19.4. The van der Waals surface area contributed by atoms with Crippen LogP contribution in [0.2, 0.25) is 0 Å². The van der Waals surface area contributed by atoms with E-state index in [1.54, 1.807) is 37.3 Å². The first-order valence-corrected chi connectivity index (χ1v) is 10.8. The molecular weight excluding hydrogens is 475 g/mol. The first-order chi connectivity index (χ1) is 17.2. The third-order valence-electron chi connectivity index (χ3n) is 5.58. The molecule has 36 heavy (non-hydrogen) atoms. The zero-order chi connectivity index (χ0) is 26.0. The van der Waals surface area contributed by atoms with E-state index < -0.39 is 29.0 Å². The maximum atomic E-state index is 13.5.